The molecular weight excluding hydrogens is 240 g/mol. The number of hydrogen-bond donors (Lipinski definition) is 1. The van der Waals surface area contributed by atoms with Crippen molar-refractivity contribution in [3.63, 3.8) is 0 Å². The lowest BCUT2D eigenvalue weighted by Crippen LogP contribution is -1.98. The third kappa shape index (κ3) is 3.51. The van der Waals surface area contributed by atoms with E-state index in [4.69, 9.17) is 4.74 Å². The number of hydrazone groups is 1. The molecule has 0 aliphatic rings. The first-order valence-corrected chi connectivity index (χ1v) is 5.92. The molecule has 2 rings (SSSR count). The van der Waals surface area contributed by atoms with Gasteiger partial charge in [-0.15, -0.1) is 0 Å². The first kappa shape index (κ1) is 13.0. The summed E-state index contributed by atoms with van der Waals surface area (Å²) in [5.41, 5.74) is 6.30. The fourth-order valence-corrected chi connectivity index (χ4v) is 1.63. The minimum atomic E-state index is 0.497. The number of hydrogen-bond acceptors (Lipinski definition) is 5. The zero-order valence-electron chi connectivity index (χ0n) is 11.2. The highest BCUT2D eigenvalue weighted by Crippen LogP contribution is 2.15. The molecule has 0 fully saturated rings. The number of aryl methyl sites for hydroxylation is 2. The highest BCUT2D eigenvalue weighted by Gasteiger charge is 1.97. The van der Waals surface area contributed by atoms with E-state index in [0.717, 1.165) is 11.3 Å². The molecule has 0 spiro atoms. The topological polar surface area (TPSA) is 59.4 Å². The normalized spacial score (nSPS) is 10.7. The van der Waals surface area contributed by atoms with Crippen molar-refractivity contribution in [2.24, 2.45) is 5.10 Å². The molecule has 5 nitrogen and oxygen atoms in total. The van der Waals surface area contributed by atoms with E-state index in [0.29, 0.717) is 11.7 Å². The Kier molecular flexibility index (Phi) is 4.07. The van der Waals surface area contributed by atoms with Crippen molar-refractivity contribution in [2.75, 3.05) is 12.5 Å². The molecule has 98 valence electrons. The zero-order chi connectivity index (χ0) is 13.7. The molecule has 2 aromatic rings. The van der Waals surface area contributed by atoms with Gasteiger partial charge in [0.05, 0.1) is 19.0 Å². The zero-order valence-corrected chi connectivity index (χ0v) is 11.2. The third-order valence-corrected chi connectivity index (χ3v) is 2.60. The molecule has 0 saturated heterocycles. The first-order valence-electron chi connectivity index (χ1n) is 5.92. The van der Waals surface area contributed by atoms with Crippen molar-refractivity contribution in [3.8, 4) is 5.88 Å². The Morgan fingerprint density at radius 2 is 2.11 bits per heavy atom. The Morgan fingerprint density at radius 3 is 2.84 bits per heavy atom. The van der Waals surface area contributed by atoms with E-state index in [2.05, 4.69) is 33.5 Å². The maximum Gasteiger partial charge on any atom is 0.216 e. The largest absolute Gasteiger partial charge is 0.481 e. The molecule has 0 atom stereocenters. The van der Waals surface area contributed by atoms with Crippen LogP contribution >= 0.6 is 0 Å². The third-order valence-electron chi connectivity index (χ3n) is 2.60. The molecule has 1 aromatic heterocycles. The number of benzene rings is 1. The van der Waals surface area contributed by atoms with Gasteiger partial charge in [0.15, 0.2) is 5.82 Å². The van der Waals surface area contributed by atoms with E-state index in [9.17, 15) is 0 Å². The molecule has 1 aromatic carbocycles. The van der Waals surface area contributed by atoms with Crippen molar-refractivity contribution < 1.29 is 4.74 Å². The lowest BCUT2D eigenvalue weighted by molar-refractivity contribution is 0.396. The second-order valence-corrected chi connectivity index (χ2v) is 4.15. The predicted octanol–water partition coefficient (Wildman–Crippen LogP) is 2.55. The van der Waals surface area contributed by atoms with Gasteiger partial charge in [-0.25, -0.2) is 4.98 Å². The molecule has 0 aliphatic heterocycles. The summed E-state index contributed by atoms with van der Waals surface area (Å²) >= 11 is 0. The second kappa shape index (κ2) is 5.95. The van der Waals surface area contributed by atoms with Crippen LogP contribution in [0.1, 0.15) is 17.0 Å². The molecule has 1 N–H and O–H groups in total. The predicted molar refractivity (Wildman–Crippen MR) is 75.7 cm³/mol. The molecule has 5 heteroatoms. The van der Waals surface area contributed by atoms with Gasteiger partial charge < -0.3 is 4.74 Å². The van der Waals surface area contributed by atoms with Crippen LogP contribution < -0.4 is 10.2 Å². The molecule has 0 amide bonds. The first-order chi connectivity index (χ1) is 9.19. The van der Waals surface area contributed by atoms with Crippen molar-refractivity contribution in [1.82, 2.24) is 9.97 Å². The van der Waals surface area contributed by atoms with Crippen LogP contribution in [0.2, 0.25) is 0 Å². The van der Waals surface area contributed by atoms with Crippen molar-refractivity contribution in [1.29, 1.82) is 0 Å². The van der Waals surface area contributed by atoms with Crippen molar-refractivity contribution >= 4 is 11.9 Å². The minimum absolute atomic E-state index is 0.497. The molecule has 0 unspecified atom stereocenters. The summed E-state index contributed by atoms with van der Waals surface area (Å²) in [5.74, 6) is 1.01. The Morgan fingerprint density at radius 1 is 1.26 bits per heavy atom. The van der Waals surface area contributed by atoms with E-state index in [1.807, 2.05) is 19.1 Å². The van der Waals surface area contributed by atoms with Gasteiger partial charge in [0.1, 0.15) is 0 Å². The van der Waals surface area contributed by atoms with E-state index >= 15 is 0 Å². The second-order valence-electron chi connectivity index (χ2n) is 4.15. The molecule has 19 heavy (non-hydrogen) atoms. The molecular formula is C14H16N4O. The van der Waals surface area contributed by atoms with Crippen LogP contribution in [0.25, 0.3) is 0 Å². The molecule has 0 saturated carbocycles. The summed E-state index contributed by atoms with van der Waals surface area (Å²) in [5, 5.41) is 4.12. The van der Waals surface area contributed by atoms with Gasteiger partial charge in [-0.1, -0.05) is 17.7 Å². The SMILES string of the molecule is COc1ccnc(/C=N/Nc2ccc(C)cc2C)n1. The van der Waals surface area contributed by atoms with E-state index in [-0.39, 0.29) is 0 Å². The van der Waals surface area contributed by atoms with Crippen molar-refractivity contribution in [3.05, 3.63) is 47.4 Å². The minimum Gasteiger partial charge on any atom is -0.481 e. The van der Waals surface area contributed by atoms with Gasteiger partial charge in [0, 0.05) is 12.3 Å². The lowest BCUT2D eigenvalue weighted by Gasteiger charge is -2.05. The number of rotatable bonds is 4. The van der Waals surface area contributed by atoms with E-state index in [1.54, 1.807) is 25.6 Å². The number of methoxy groups -OCH3 is 1. The van der Waals surface area contributed by atoms with Crippen LogP contribution in [-0.4, -0.2) is 23.3 Å². The Bertz CT molecular complexity index is 596. The Labute approximate surface area is 112 Å². The van der Waals surface area contributed by atoms with Gasteiger partial charge in [-0.2, -0.15) is 10.1 Å². The number of nitrogens with zero attached hydrogens (tertiary/aromatic N) is 3. The molecule has 1 heterocycles. The maximum absolute atomic E-state index is 5.02. The highest BCUT2D eigenvalue weighted by molar-refractivity contribution is 5.75. The highest BCUT2D eigenvalue weighted by atomic mass is 16.5. The summed E-state index contributed by atoms with van der Waals surface area (Å²) in [4.78, 5) is 8.21. The summed E-state index contributed by atoms with van der Waals surface area (Å²) in [6, 6.07) is 7.82. The lowest BCUT2D eigenvalue weighted by atomic mass is 10.1. The monoisotopic (exact) mass is 256 g/mol. The number of anilines is 1. The van der Waals surface area contributed by atoms with Crippen LogP contribution in [0.15, 0.2) is 35.6 Å². The Hall–Kier alpha value is -2.43. The smallest absolute Gasteiger partial charge is 0.216 e. The van der Waals surface area contributed by atoms with Gasteiger partial charge in [-0.05, 0) is 25.5 Å². The average molecular weight is 256 g/mol. The summed E-state index contributed by atoms with van der Waals surface area (Å²) in [7, 11) is 1.57. The van der Waals surface area contributed by atoms with Crippen LogP contribution in [0.3, 0.4) is 0 Å². The Balaban J connectivity index is 2.06. The summed E-state index contributed by atoms with van der Waals surface area (Å²) in [6.45, 7) is 4.09. The number of nitrogens with one attached hydrogen (secondary N) is 1. The van der Waals surface area contributed by atoms with Gasteiger partial charge in [0.25, 0.3) is 0 Å². The van der Waals surface area contributed by atoms with E-state index in [1.165, 1.54) is 5.56 Å². The van der Waals surface area contributed by atoms with Gasteiger partial charge >= 0.3 is 0 Å². The molecule has 0 aliphatic carbocycles. The van der Waals surface area contributed by atoms with Crippen LogP contribution in [0, 0.1) is 13.8 Å². The quantitative estimate of drug-likeness (QED) is 0.674. The maximum atomic E-state index is 5.02. The van der Waals surface area contributed by atoms with E-state index < -0.39 is 0 Å². The van der Waals surface area contributed by atoms with Gasteiger partial charge in [0.2, 0.25) is 5.88 Å². The average Bonchev–Trinajstić information content (AvgIpc) is 2.41. The van der Waals surface area contributed by atoms with Crippen LogP contribution in [-0.2, 0) is 0 Å². The fourth-order valence-electron chi connectivity index (χ4n) is 1.63. The van der Waals surface area contributed by atoms with Crippen molar-refractivity contribution in [2.45, 2.75) is 13.8 Å². The fraction of sp³-hybridized carbons (Fsp3) is 0.214. The number of aromatic nitrogens is 2. The summed E-state index contributed by atoms with van der Waals surface area (Å²) < 4.78 is 5.02. The number of ether oxygens (including phenoxy) is 1. The molecule has 0 radical (unpaired) electrons. The van der Waals surface area contributed by atoms with Crippen LogP contribution in [0.5, 0.6) is 5.88 Å². The van der Waals surface area contributed by atoms with Crippen LogP contribution in [0.4, 0.5) is 5.69 Å². The van der Waals surface area contributed by atoms with Gasteiger partial charge in [-0.3, -0.25) is 5.43 Å². The molecule has 0 bridgehead atoms. The standard InChI is InChI=1S/C14H16N4O/c1-10-4-5-12(11(2)8-10)18-16-9-13-15-7-6-14(17-13)19-3/h4-9,18H,1-3H3/b16-9+. The summed E-state index contributed by atoms with van der Waals surface area (Å²) in [6.07, 6.45) is 3.19.